The summed E-state index contributed by atoms with van der Waals surface area (Å²) in [6.07, 6.45) is -1.43. The van der Waals surface area contributed by atoms with Crippen molar-refractivity contribution in [1.29, 1.82) is 0 Å². The molecule has 2 aromatic heterocycles. The number of aromatic nitrogens is 4. The molecule has 4 rings (SSSR count). The lowest BCUT2D eigenvalue weighted by Gasteiger charge is -2.31. The molecule has 3 aromatic rings. The number of aliphatic hydroxyl groups is 1. The zero-order valence-corrected chi connectivity index (χ0v) is 15.3. The number of nitrogens with two attached hydrogens (primary N) is 1. The summed E-state index contributed by atoms with van der Waals surface area (Å²) < 4.78 is 7.06. The highest BCUT2D eigenvalue weighted by Gasteiger charge is 2.52. The van der Waals surface area contributed by atoms with Gasteiger partial charge in [-0.1, -0.05) is 18.2 Å². The number of carboxylic acids is 1. The SMILES string of the molecule is CC(=O)N(c1ccccc1)[C@H]1[C@@H](O)[C@H](n2cnc3c(N)ncnc32)O[C@@H]1C(=O)O. The van der Waals surface area contributed by atoms with E-state index in [2.05, 4.69) is 15.0 Å². The van der Waals surface area contributed by atoms with Crippen molar-refractivity contribution in [2.45, 2.75) is 31.4 Å². The number of fused-ring (bicyclic) bond motifs is 1. The molecule has 1 saturated heterocycles. The van der Waals surface area contributed by atoms with Crippen molar-refractivity contribution >= 4 is 34.5 Å². The van der Waals surface area contributed by atoms with Gasteiger partial charge in [0.05, 0.1) is 6.33 Å². The number of amides is 1. The number of anilines is 2. The molecule has 1 aliphatic heterocycles. The quantitative estimate of drug-likeness (QED) is 0.557. The summed E-state index contributed by atoms with van der Waals surface area (Å²) in [5, 5.41) is 20.8. The van der Waals surface area contributed by atoms with E-state index in [0.717, 1.165) is 0 Å². The average molecular weight is 398 g/mol. The third-order valence-corrected chi connectivity index (χ3v) is 4.81. The van der Waals surface area contributed by atoms with Gasteiger partial charge in [-0.2, -0.15) is 0 Å². The van der Waals surface area contributed by atoms with Crippen LogP contribution < -0.4 is 10.6 Å². The number of aliphatic carboxylic acids is 1. The number of ether oxygens (including phenoxy) is 1. The summed E-state index contributed by atoms with van der Waals surface area (Å²) in [7, 11) is 0. The van der Waals surface area contributed by atoms with Gasteiger partial charge in [-0.15, -0.1) is 0 Å². The first-order chi connectivity index (χ1) is 13.9. The van der Waals surface area contributed by atoms with Crippen molar-refractivity contribution in [1.82, 2.24) is 19.5 Å². The van der Waals surface area contributed by atoms with E-state index in [4.69, 9.17) is 10.5 Å². The zero-order chi connectivity index (χ0) is 20.7. The van der Waals surface area contributed by atoms with Gasteiger partial charge < -0.3 is 25.6 Å². The largest absolute Gasteiger partial charge is 0.479 e. The first-order valence-corrected chi connectivity index (χ1v) is 8.74. The minimum atomic E-state index is -1.48. The number of para-hydroxylation sites is 1. The lowest BCUT2D eigenvalue weighted by atomic mass is 10.0. The van der Waals surface area contributed by atoms with E-state index in [1.807, 2.05) is 0 Å². The molecule has 11 nitrogen and oxygen atoms in total. The van der Waals surface area contributed by atoms with E-state index >= 15 is 0 Å². The van der Waals surface area contributed by atoms with Crippen LogP contribution in [0, 0.1) is 0 Å². The number of imidazole rings is 1. The minimum Gasteiger partial charge on any atom is -0.479 e. The van der Waals surface area contributed by atoms with E-state index in [9.17, 15) is 19.8 Å². The van der Waals surface area contributed by atoms with Crippen LogP contribution in [0.1, 0.15) is 13.2 Å². The molecule has 4 atom stereocenters. The summed E-state index contributed by atoms with van der Waals surface area (Å²) in [5.74, 6) is -1.60. The lowest BCUT2D eigenvalue weighted by molar-refractivity contribution is -0.152. The number of carbonyl (C=O) groups is 2. The molecule has 0 unspecified atom stereocenters. The molecule has 1 fully saturated rings. The van der Waals surface area contributed by atoms with Gasteiger partial charge in [0.1, 0.15) is 24.0 Å². The molecule has 29 heavy (non-hydrogen) atoms. The zero-order valence-electron chi connectivity index (χ0n) is 15.3. The number of carboxylic acid groups (broad SMARTS) is 1. The Kier molecular flexibility index (Phi) is 4.60. The molecule has 1 aromatic carbocycles. The Hall–Kier alpha value is -3.57. The number of hydrogen-bond donors (Lipinski definition) is 3. The molecule has 3 heterocycles. The average Bonchev–Trinajstić information content (AvgIpc) is 3.25. The molecule has 0 bridgehead atoms. The van der Waals surface area contributed by atoms with Gasteiger partial charge in [-0.3, -0.25) is 9.36 Å². The van der Waals surface area contributed by atoms with Gasteiger partial charge in [-0.25, -0.2) is 19.7 Å². The molecular formula is C18H18N6O5. The van der Waals surface area contributed by atoms with Gasteiger partial charge in [0.25, 0.3) is 0 Å². The third-order valence-electron chi connectivity index (χ3n) is 4.81. The minimum absolute atomic E-state index is 0.141. The molecule has 1 amide bonds. The maximum absolute atomic E-state index is 12.4. The van der Waals surface area contributed by atoms with Gasteiger partial charge in [0.15, 0.2) is 23.8 Å². The molecular weight excluding hydrogens is 380 g/mol. The third kappa shape index (κ3) is 3.05. The van der Waals surface area contributed by atoms with Crippen LogP contribution in [0.3, 0.4) is 0 Å². The highest BCUT2D eigenvalue weighted by atomic mass is 16.6. The second-order valence-electron chi connectivity index (χ2n) is 6.57. The van der Waals surface area contributed by atoms with Gasteiger partial charge in [0.2, 0.25) is 5.91 Å². The molecule has 0 aliphatic carbocycles. The number of nitrogen functional groups attached to an aromatic ring is 1. The molecule has 0 radical (unpaired) electrons. The van der Waals surface area contributed by atoms with Crippen molar-refractivity contribution in [3.63, 3.8) is 0 Å². The molecule has 0 saturated carbocycles. The fourth-order valence-corrected chi connectivity index (χ4v) is 3.59. The molecule has 150 valence electrons. The highest BCUT2D eigenvalue weighted by molar-refractivity contribution is 5.93. The Morgan fingerprint density at radius 1 is 1.21 bits per heavy atom. The number of carbonyl (C=O) groups excluding carboxylic acids is 1. The van der Waals surface area contributed by atoms with Gasteiger partial charge >= 0.3 is 5.97 Å². The summed E-state index contributed by atoms with van der Waals surface area (Å²) in [6, 6.07) is 7.33. The maximum atomic E-state index is 12.4. The fraction of sp³-hybridized carbons (Fsp3) is 0.278. The van der Waals surface area contributed by atoms with E-state index < -0.39 is 36.4 Å². The van der Waals surface area contributed by atoms with Crippen LogP contribution in [-0.2, 0) is 14.3 Å². The highest BCUT2D eigenvalue weighted by Crippen LogP contribution is 2.36. The van der Waals surface area contributed by atoms with E-state index in [0.29, 0.717) is 11.2 Å². The Morgan fingerprint density at radius 3 is 2.59 bits per heavy atom. The molecule has 0 spiro atoms. The van der Waals surface area contributed by atoms with Crippen LogP contribution in [0.15, 0.2) is 43.0 Å². The van der Waals surface area contributed by atoms with E-state index in [-0.39, 0.29) is 11.5 Å². The second-order valence-corrected chi connectivity index (χ2v) is 6.57. The van der Waals surface area contributed by atoms with Gasteiger partial charge in [0, 0.05) is 12.6 Å². The monoisotopic (exact) mass is 398 g/mol. The van der Waals surface area contributed by atoms with Crippen molar-refractivity contribution in [3.05, 3.63) is 43.0 Å². The Balaban J connectivity index is 1.79. The maximum Gasteiger partial charge on any atom is 0.335 e. The van der Waals surface area contributed by atoms with Crippen LogP contribution in [0.4, 0.5) is 11.5 Å². The Morgan fingerprint density at radius 2 is 1.93 bits per heavy atom. The van der Waals surface area contributed by atoms with Crippen LogP contribution >= 0.6 is 0 Å². The molecule has 1 aliphatic rings. The van der Waals surface area contributed by atoms with Crippen LogP contribution in [0.2, 0.25) is 0 Å². The number of rotatable bonds is 4. The topological polar surface area (TPSA) is 157 Å². The van der Waals surface area contributed by atoms with Crippen molar-refractivity contribution < 1.29 is 24.5 Å². The summed E-state index contributed by atoms with van der Waals surface area (Å²) in [4.78, 5) is 37.6. The lowest BCUT2D eigenvalue weighted by Crippen LogP contribution is -2.52. The van der Waals surface area contributed by atoms with Crippen LogP contribution in [0.5, 0.6) is 0 Å². The number of aliphatic hydroxyl groups excluding tert-OH is 1. The van der Waals surface area contributed by atoms with Crippen molar-refractivity contribution in [3.8, 4) is 0 Å². The number of hydrogen-bond acceptors (Lipinski definition) is 8. The van der Waals surface area contributed by atoms with Crippen LogP contribution in [-0.4, -0.2) is 59.9 Å². The van der Waals surface area contributed by atoms with Crippen molar-refractivity contribution in [2.24, 2.45) is 0 Å². The predicted molar refractivity (Wildman–Crippen MR) is 101 cm³/mol. The van der Waals surface area contributed by atoms with Gasteiger partial charge in [-0.05, 0) is 12.1 Å². The van der Waals surface area contributed by atoms with Crippen molar-refractivity contribution in [2.75, 3.05) is 10.6 Å². The smallest absolute Gasteiger partial charge is 0.335 e. The molecule has 11 heteroatoms. The first-order valence-electron chi connectivity index (χ1n) is 8.74. The number of benzene rings is 1. The standard InChI is InChI=1S/C18H18N6O5/c1-9(25)24(10-5-3-2-4-6-10)12-13(26)17(29-14(12)18(27)28)23-8-22-11-15(19)20-7-21-16(11)23/h2-8,12-14,17,26H,1H3,(H,27,28)(H2,19,20,21)/t12-,13+,14-,17+/m0/s1. The normalized spacial score (nSPS) is 23.9. The summed E-state index contributed by atoms with van der Waals surface area (Å²) >= 11 is 0. The second kappa shape index (κ2) is 7.11. The Labute approximate surface area is 164 Å². The van der Waals surface area contributed by atoms with E-state index in [1.165, 1.54) is 29.0 Å². The van der Waals surface area contributed by atoms with E-state index in [1.54, 1.807) is 30.3 Å². The Bertz CT molecular complexity index is 1070. The summed E-state index contributed by atoms with van der Waals surface area (Å²) in [6.45, 7) is 1.30. The summed E-state index contributed by atoms with van der Waals surface area (Å²) in [5.41, 5.74) is 6.81. The molecule has 4 N–H and O–H groups in total. The van der Waals surface area contributed by atoms with Crippen LogP contribution in [0.25, 0.3) is 11.2 Å². The fourth-order valence-electron chi connectivity index (χ4n) is 3.59. The first kappa shape index (κ1) is 18.8. The number of nitrogens with zero attached hydrogens (tertiary/aromatic N) is 5. The predicted octanol–water partition coefficient (Wildman–Crippen LogP) is 0.173.